The van der Waals surface area contributed by atoms with Crippen LogP contribution in [-0.2, 0) is 25.1 Å². The summed E-state index contributed by atoms with van der Waals surface area (Å²) in [6, 6.07) is 1.69. The van der Waals surface area contributed by atoms with Gasteiger partial charge in [0.15, 0.2) is 9.84 Å². The van der Waals surface area contributed by atoms with E-state index < -0.39 is 21.1 Å². The zero-order valence-electron chi connectivity index (χ0n) is 10.1. The van der Waals surface area contributed by atoms with Gasteiger partial charge in [-0.1, -0.05) is 0 Å². The summed E-state index contributed by atoms with van der Waals surface area (Å²) in [4.78, 5) is 15.0. The van der Waals surface area contributed by atoms with Crippen molar-refractivity contribution >= 4 is 31.7 Å². The molecule has 1 aromatic rings. The van der Waals surface area contributed by atoms with E-state index in [1.54, 1.807) is 12.3 Å². The van der Waals surface area contributed by atoms with Crippen LogP contribution in [0.2, 0.25) is 0 Å². The third kappa shape index (κ3) is 4.38. The third-order valence-corrected chi connectivity index (χ3v) is 4.99. The van der Waals surface area contributed by atoms with Gasteiger partial charge in [-0.3, -0.25) is 9.78 Å². The van der Waals surface area contributed by atoms with E-state index in [1.807, 2.05) is 0 Å². The lowest BCUT2D eigenvalue weighted by Gasteiger charge is -2.11. The van der Waals surface area contributed by atoms with Crippen molar-refractivity contribution in [3.63, 3.8) is 0 Å². The molecule has 18 heavy (non-hydrogen) atoms. The minimum absolute atomic E-state index is 0.139. The first-order valence-corrected chi connectivity index (χ1v) is 7.74. The van der Waals surface area contributed by atoms with Crippen LogP contribution < -0.4 is 0 Å². The van der Waals surface area contributed by atoms with Gasteiger partial charge in [-0.2, -0.15) is 0 Å². The Labute approximate surface area is 115 Å². The molecule has 7 heteroatoms. The molecule has 0 bridgehead atoms. The smallest absolute Gasteiger partial charge is 0.306 e. The first-order valence-electron chi connectivity index (χ1n) is 5.23. The molecule has 1 aromatic heterocycles. The van der Waals surface area contributed by atoms with Crippen LogP contribution in [0.5, 0.6) is 0 Å². The van der Waals surface area contributed by atoms with Gasteiger partial charge in [0.1, 0.15) is 0 Å². The number of aromatic nitrogens is 1. The molecule has 1 atom stereocenters. The second kappa shape index (κ2) is 6.29. The zero-order valence-corrected chi connectivity index (χ0v) is 12.5. The van der Waals surface area contributed by atoms with Crippen LogP contribution in [0.4, 0.5) is 0 Å². The lowest BCUT2D eigenvalue weighted by molar-refractivity contribution is -0.140. The number of hydrogen-bond donors (Lipinski definition) is 0. The number of nitrogens with zero attached hydrogens (tertiary/aromatic N) is 1. The van der Waals surface area contributed by atoms with E-state index in [1.165, 1.54) is 20.2 Å². The van der Waals surface area contributed by atoms with E-state index in [4.69, 9.17) is 0 Å². The van der Waals surface area contributed by atoms with Gasteiger partial charge in [0.05, 0.1) is 24.5 Å². The van der Waals surface area contributed by atoms with E-state index >= 15 is 0 Å². The van der Waals surface area contributed by atoms with Crippen molar-refractivity contribution in [3.05, 3.63) is 28.5 Å². The predicted octanol–water partition coefficient (Wildman–Crippen LogP) is 1.71. The first kappa shape index (κ1) is 15.1. The summed E-state index contributed by atoms with van der Waals surface area (Å²) >= 11 is 3.23. The van der Waals surface area contributed by atoms with Crippen LogP contribution in [0.1, 0.15) is 18.9 Å². The highest BCUT2D eigenvalue weighted by Gasteiger charge is 2.24. The number of sulfone groups is 1. The van der Waals surface area contributed by atoms with Gasteiger partial charge in [-0.05, 0) is 34.5 Å². The number of rotatable bonds is 5. The average molecular weight is 336 g/mol. The molecule has 0 aliphatic carbocycles. The monoisotopic (exact) mass is 335 g/mol. The molecule has 0 saturated carbocycles. The molecule has 0 N–H and O–H groups in total. The molecule has 0 saturated heterocycles. The number of halogens is 1. The van der Waals surface area contributed by atoms with Gasteiger partial charge in [0.25, 0.3) is 0 Å². The Kier molecular flexibility index (Phi) is 5.28. The second-order valence-corrected chi connectivity index (χ2v) is 7.24. The molecule has 1 unspecified atom stereocenters. The number of esters is 1. The number of carbonyl (C=O) groups is 1. The molecular weight excluding hydrogens is 322 g/mol. The molecule has 5 nitrogen and oxygen atoms in total. The summed E-state index contributed by atoms with van der Waals surface area (Å²) in [5, 5.41) is -0.774. The van der Waals surface area contributed by atoms with Crippen LogP contribution in [0.15, 0.2) is 22.9 Å². The van der Waals surface area contributed by atoms with Gasteiger partial charge in [0, 0.05) is 16.9 Å². The third-order valence-electron chi connectivity index (χ3n) is 2.42. The topological polar surface area (TPSA) is 73.3 Å². The minimum Gasteiger partial charge on any atom is -0.469 e. The van der Waals surface area contributed by atoms with Crippen LogP contribution in [-0.4, -0.2) is 31.7 Å². The van der Waals surface area contributed by atoms with Gasteiger partial charge in [-0.25, -0.2) is 8.42 Å². The minimum atomic E-state index is -3.40. The molecule has 0 aliphatic heterocycles. The SMILES string of the molecule is COC(=O)CC(C)S(=O)(=O)Cc1cncc(Br)c1. The van der Waals surface area contributed by atoms with Crippen LogP contribution in [0, 0.1) is 0 Å². The zero-order chi connectivity index (χ0) is 13.8. The fourth-order valence-electron chi connectivity index (χ4n) is 1.35. The summed E-state index contributed by atoms with van der Waals surface area (Å²) in [5.41, 5.74) is 0.584. The second-order valence-electron chi connectivity index (χ2n) is 3.91. The van der Waals surface area contributed by atoms with Crippen molar-refractivity contribution in [2.75, 3.05) is 7.11 Å². The van der Waals surface area contributed by atoms with E-state index in [0.29, 0.717) is 5.56 Å². The van der Waals surface area contributed by atoms with Crippen molar-refractivity contribution in [1.82, 2.24) is 4.98 Å². The van der Waals surface area contributed by atoms with Gasteiger partial charge in [-0.15, -0.1) is 0 Å². The maximum absolute atomic E-state index is 12.0. The van der Waals surface area contributed by atoms with Gasteiger partial charge < -0.3 is 4.74 Å². The average Bonchev–Trinajstić information content (AvgIpc) is 2.28. The van der Waals surface area contributed by atoms with Crippen molar-refractivity contribution in [3.8, 4) is 0 Å². The summed E-state index contributed by atoms with van der Waals surface area (Å²) in [6.07, 6.45) is 2.93. The number of carbonyl (C=O) groups excluding carboxylic acids is 1. The normalized spacial score (nSPS) is 13.1. The summed E-state index contributed by atoms with van der Waals surface area (Å²) in [6.45, 7) is 1.50. The van der Waals surface area contributed by atoms with Crippen molar-refractivity contribution in [2.24, 2.45) is 0 Å². The molecule has 100 valence electrons. The molecule has 0 amide bonds. The largest absolute Gasteiger partial charge is 0.469 e. The van der Waals surface area contributed by atoms with Gasteiger partial charge >= 0.3 is 5.97 Å². The lowest BCUT2D eigenvalue weighted by Crippen LogP contribution is -2.23. The number of hydrogen-bond acceptors (Lipinski definition) is 5. The van der Waals surface area contributed by atoms with Crippen LogP contribution in [0.25, 0.3) is 0 Å². The Morgan fingerprint density at radius 3 is 2.72 bits per heavy atom. The van der Waals surface area contributed by atoms with E-state index in [-0.39, 0.29) is 12.2 Å². The first-order chi connectivity index (χ1) is 8.35. The van der Waals surface area contributed by atoms with Crippen molar-refractivity contribution in [2.45, 2.75) is 24.3 Å². The highest BCUT2D eigenvalue weighted by Crippen LogP contribution is 2.16. The molecule has 1 rings (SSSR count). The molecule has 0 aliphatic rings. The standard InChI is InChI=1S/C11H14BrNO4S/c1-8(3-11(14)17-2)18(15,16)7-9-4-10(12)6-13-5-9/h4-6,8H,3,7H2,1-2H3. The quantitative estimate of drug-likeness (QED) is 0.766. The molecule has 0 radical (unpaired) electrons. The molecule has 0 fully saturated rings. The lowest BCUT2D eigenvalue weighted by atomic mass is 10.3. The number of ether oxygens (including phenoxy) is 1. The van der Waals surface area contributed by atoms with E-state index in [2.05, 4.69) is 25.7 Å². The number of pyridine rings is 1. The maximum Gasteiger partial charge on any atom is 0.306 e. The van der Waals surface area contributed by atoms with E-state index in [0.717, 1.165) is 4.47 Å². The van der Waals surface area contributed by atoms with Crippen LogP contribution in [0.3, 0.4) is 0 Å². The Bertz CT molecular complexity index is 530. The van der Waals surface area contributed by atoms with Crippen molar-refractivity contribution in [1.29, 1.82) is 0 Å². The molecule has 0 aromatic carbocycles. The highest BCUT2D eigenvalue weighted by molar-refractivity contribution is 9.10. The number of methoxy groups -OCH3 is 1. The summed E-state index contributed by atoms with van der Waals surface area (Å²) in [7, 11) is -2.16. The van der Waals surface area contributed by atoms with Gasteiger partial charge in [0.2, 0.25) is 0 Å². The fourth-order valence-corrected chi connectivity index (χ4v) is 3.06. The Morgan fingerprint density at radius 1 is 1.50 bits per heavy atom. The Morgan fingerprint density at radius 2 is 2.17 bits per heavy atom. The van der Waals surface area contributed by atoms with Crippen molar-refractivity contribution < 1.29 is 17.9 Å². The summed E-state index contributed by atoms with van der Waals surface area (Å²) < 4.78 is 29.2. The Hall–Kier alpha value is -0.950. The predicted molar refractivity (Wildman–Crippen MR) is 70.7 cm³/mol. The molecular formula is C11H14BrNO4S. The Balaban J connectivity index is 2.78. The highest BCUT2D eigenvalue weighted by atomic mass is 79.9. The summed E-state index contributed by atoms with van der Waals surface area (Å²) in [5.74, 6) is -0.670. The maximum atomic E-state index is 12.0. The molecule has 1 heterocycles. The fraction of sp³-hybridized carbons (Fsp3) is 0.455. The van der Waals surface area contributed by atoms with Crippen LogP contribution >= 0.6 is 15.9 Å². The molecule has 0 spiro atoms. The van der Waals surface area contributed by atoms with E-state index in [9.17, 15) is 13.2 Å².